The largest absolute Gasteiger partial charge is 0.497 e. The van der Waals surface area contributed by atoms with Crippen molar-refractivity contribution < 1.29 is 14.3 Å². The summed E-state index contributed by atoms with van der Waals surface area (Å²) in [6.07, 6.45) is 4.81. The maximum atomic E-state index is 11.8. The van der Waals surface area contributed by atoms with Gasteiger partial charge in [-0.25, -0.2) is 0 Å². The quantitative estimate of drug-likeness (QED) is 0.304. The minimum atomic E-state index is -0.566. The summed E-state index contributed by atoms with van der Waals surface area (Å²) in [5.74, 6) is 0.449. The van der Waals surface area contributed by atoms with Crippen molar-refractivity contribution in [1.29, 1.82) is 0 Å². The van der Waals surface area contributed by atoms with Crippen LogP contribution in [0, 0.1) is 0 Å². The van der Waals surface area contributed by atoms with Gasteiger partial charge in [-0.1, -0.05) is 26.5 Å². The first-order valence-corrected chi connectivity index (χ1v) is 6.02. The van der Waals surface area contributed by atoms with E-state index in [1.165, 1.54) is 7.11 Å². The molecule has 0 N–H and O–H groups in total. The summed E-state index contributed by atoms with van der Waals surface area (Å²) in [5, 5.41) is -0.566. The van der Waals surface area contributed by atoms with Crippen molar-refractivity contribution in [3.05, 3.63) is 36.8 Å². The number of carbonyl (C=O) groups is 1. The van der Waals surface area contributed by atoms with Gasteiger partial charge >= 0.3 is 5.97 Å². The minimum absolute atomic E-state index is 0.276. The van der Waals surface area contributed by atoms with Gasteiger partial charge in [-0.15, -0.1) is 9.24 Å². The van der Waals surface area contributed by atoms with Crippen LogP contribution < -0.4 is 0 Å². The molecular weight excluding hydrogens is 235 g/mol. The highest BCUT2D eigenvalue weighted by Gasteiger charge is 2.28. The van der Waals surface area contributed by atoms with E-state index in [2.05, 4.69) is 22.4 Å². The second kappa shape index (κ2) is 7.29. The molecule has 3 nitrogen and oxygen atoms in total. The molecule has 0 saturated heterocycles. The van der Waals surface area contributed by atoms with Crippen molar-refractivity contribution in [3.8, 4) is 0 Å². The third kappa shape index (κ3) is 6.28. The maximum absolute atomic E-state index is 11.8. The highest BCUT2D eigenvalue weighted by Crippen LogP contribution is 2.26. The van der Waals surface area contributed by atoms with Crippen LogP contribution in [0.5, 0.6) is 0 Å². The molecule has 17 heavy (non-hydrogen) atoms. The van der Waals surface area contributed by atoms with E-state index in [-0.39, 0.29) is 11.7 Å². The fourth-order valence-electron chi connectivity index (χ4n) is 1.14. The van der Waals surface area contributed by atoms with E-state index in [4.69, 9.17) is 9.47 Å². The van der Waals surface area contributed by atoms with Gasteiger partial charge in [0.1, 0.15) is 11.5 Å². The Balaban J connectivity index is 4.35. The number of ether oxygens (including phenoxy) is 2. The molecule has 0 bridgehead atoms. The number of methoxy groups -OCH3 is 1. The summed E-state index contributed by atoms with van der Waals surface area (Å²) in [6.45, 7) is 11.1. The molecule has 0 spiro atoms. The molecule has 0 aromatic rings. The highest BCUT2D eigenvalue weighted by molar-refractivity contribution is 7.20. The Hall–Kier alpha value is -1.08. The second-order valence-electron chi connectivity index (χ2n) is 4.03. The molecule has 0 aromatic carbocycles. The minimum Gasteiger partial charge on any atom is -0.497 e. The van der Waals surface area contributed by atoms with E-state index in [0.29, 0.717) is 5.76 Å². The molecular formula is C13H21O3P. The Morgan fingerprint density at radius 3 is 2.35 bits per heavy atom. The van der Waals surface area contributed by atoms with Gasteiger partial charge in [0.2, 0.25) is 0 Å². The number of esters is 1. The zero-order valence-corrected chi connectivity index (χ0v) is 11.9. The first-order valence-electron chi connectivity index (χ1n) is 5.44. The number of hydrogen-bond donors (Lipinski definition) is 0. The third-order valence-corrected chi connectivity index (χ3v) is 2.70. The predicted octanol–water partition coefficient (Wildman–Crippen LogP) is 3.19. The van der Waals surface area contributed by atoms with Gasteiger partial charge < -0.3 is 9.47 Å². The molecule has 0 aromatic heterocycles. The number of allylic oxidation sites excluding steroid dienone is 2. The van der Waals surface area contributed by atoms with Gasteiger partial charge in [0.25, 0.3) is 0 Å². The molecule has 0 aliphatic rings. The Labute approximate surface area is 106 Å². The lowest BCUT2D eigenvalue weighted by molar-refractivity contribution is -0.141. The van der Waals surface area contributed by atoms with Crippen molar-refractivity contribution in [2.45, 2.75) is 31.8 Å². The van der Waals surface area contributed by atoms with E-state index in [1.54, 1.807) is 12.2 Å². The van der Waals surface area contributed by atoms with Gasteiger partial charge in [-0.2, -0.15) is 0 Å². The molecule has 0 fully saturated rings. The van der Waals surface area contributed by atoms with Gasteiger partial charge in [-0.3, -0.25) is 4.79 Å². The Morgan fingerprint density at radius 1 is 1.35 bits per heavy atom. The van der Waals surface area contributed by atoms with E-state index >= 15 is 0 Å². The Kier molecular flexibility index (Phi) is 6.82. The number of hydrogen-bond acceptors (Lipinski definition) is 3. The number of rotatable bonds is 7. The first-order chi connectivity index (χ1) is 7.83. The lowest BCUT2D eigenvalue weighted by Gasteiger charge is -2.21. The van der Waals surface area contributed by atoms with E-state index in [1.807, 2.05) is 13.8 Å². The maximum Gasteiger partial charge on any atom is 0.320 e. The van der Waals surface area contributed by atoms with Gasteiger partial charge in [-0.05, 0) is 25.5 Å². The zero-order chi connectivity index (χ0) is 13.5. The van der Waals surface area contributed by atoms with Crippen LogP contribution >= 0.6 is 9.24 Å². The molecule has 96 valence electrons. The molecule has 2 atom stereocenters. The van der Waals surface area contributed by atoms with Crippen molar-refractivity contribution in [2.75, 3.05) is 7.11 Å². The fraction of sp³-hybridized carbons (Fsp3) is 0.462. The summed E-state index contributed by atoms with van der Waals surface area (Å²) < 4.78 is 9.97. The van der Waals surface area contributed by atoms with Crippen LogP contribution in [0.2, 0.25) is 0 Å². The molecule has 0 aliphatic heterocycles. The molecule has 2 unspecified atom stereocenters. The van der Waals surface area contributed by atoms with Gasteiger partial charge in [0.15, 0.2) is 0 Å². The van der Waals surface area contributed by atoms with Crippen molar-refractivity contribution in [1.82, 2.24) is 0 Å². The third-order valence-electron chi connectivity index (χ3n) is 2.18. The van der Waals surface area contributed by atoms with Crippen molar-refractivity contribution in [2.24, 2.45) is 0 Å². The monoisotopic (exact) mass is 256 g/mol. The SMILES string of the molecule is C=C(/C=C\C(=C)OC(=O)C(C)(P)CCC)OC. The number of carbonyl (C=O) groups excluding carboxylic acids is 1. The van der Waals surface area contributed by atoms with E-state index in [0.717, 1.165) is 12.8 Å². The topological polar surface area (TPSA) is 35.5 Å². The average Bonchev–Trinajstić information content (AvgIpc) is 2.25. The molecule has 4 heteroatoms. The molecule has 0 saturated carbocycles. The summed E-state index contributed by atoms with van der Waals surface area (Å²) in [5.41, 5.74) is 0. The summed E-state index contributed by atoms with van der Waals surface area (Å²) in [4.78, 5) is 11.8. The van der Waals surface area contributed by atoms with Crippen LogP contribution in [-0.4, -0.2) is 18.2 Å². The molecule has 0 aliphatic carbocycles. The molecule has 0 radical (unpaired) electrons. The van der Waals surface area contributed by atoms with Gasteiger partial charge in [0, 0.05) is 0 Å². The van der Waals surface area contributed by atoms with Crippen LogP contribution in [0.15, 0.2) is 36.8 Å². The standard InChI is InChI=1S/C13H21O3P/c1-6-9-13(4,17)12(14)16-11(3)8-7-10(2)15-5/h7-8H,2-3,6,9,17H2,1,4-5H3/b8-7-. The summed E-state index contributed by atoms with van der Waals surface area (Å²) in [7, 11) is 4.04. The van der Waals surface area contributed by atoms with Crippen molar-refractivity contribution in [3.63, 3.8) is 0 Å². The van der Waals surface area contributed by atoms with Crippen LogP contribution in [0.4, 0.5) is 0 Å². The lowest BCUT2D eigenvalue weighted by Crippen LogP contribution is -2.29. The van der Waals surface area contributed by atoms with Crippen molar-refractivity contribution >= 4 is 15.2 Å². The van der Waals surface area contributed by atoms with Crippen LogP contribution in [0.25, 0.3) is 0 Å². The van der Waals surface area contributed by atoms with Crippen LogP contribution in [0.1, 0.15) is 26.7 Å². The molecule has 0 rings (SSSR count). The van der Waals surface area contributed by atoms with Gasteiger partial charge in [0.05, 0.1) is 12.3 Å². The predicted molar refractivity (Wildman–Crippen MR) is 73.5 cm³/mol. The van der Waals surface area contributed by atoms with Crippen LogP contribution in [0.3, 0.4) is 0 Å². The molecule has 0 heterocycles. The first kappa shape index (κ1) is 15.9. The van der Waals surface area contributed by atoms with Crippen LogP contribution in [-0.2, 0) is 14.3 Å². The fourth-order valence-corrected chi connectivity index (χ4v) is 1.49. The Bertz CT molecular complexity index is 330. The summed E-state index contributed by atoms with van der Waals surface area (Å²) in [6, 6.07) is 0. The Morgan fingerprint density at radius 2 is 1.88 bits per heavy atom. The van der Waals surface area contributed by atoms with E-state index in [9.17, 15) is 4.79 Å². The van der Waals surface area contributed by atoms with E-state index < -0.39 is 5.16 Å². The summed E-state index contributed by atoms with van der Waals surface area (Å²) >= 11 is 0. The zero-order valence-electron chi connectivity index (χ0n) is 10.8. The lowest BCUT2D eigenvalue weighted by atomic mass is 10.1. The highest BCUT2D eigenvalue weighted by atomic mass is 31.0. The smallest absolute Gasteiger partial charge is 0.320 e. The normalized spacial score (nSPS) is 14.1. The average molecular weight is 256 g/mol. The molecule has 0 amide bonds. The second-order valence-corrected chi connectivity index (χ2v) is 5.30.